The van der Waals surface area contributed by atoms with E-state index >= 15 is 0 Å². The standard InChI is InChI=1S/2C8H11.C2H7Si.2FH.Zr/c2*1-6-4-5-7(2)8(6)3;1-3-2;;;/h2*4-5H,1-3H3;3H,1-2H3;2*1H;/q2*-1;;;;+4/p-2. The molecule has 0 saturated heterocycles. The van der Waals surface area contributed by atoms with Gasteiger partial charge in [0.15, 0.2) is 0 Å². The van der Waals surface area contributed by atoms with Gasteiger partial charge in [0.25, 0.3) is 0 Å². The predicted molar refractivity (Wildman–Crippen MR) is 91.4 cm³/mol. The van der Waals surface area contributed by atoms with Gasteiger partial charge in [-0.15, -0.1) is 0 Å². The van der Waals surface area contributed by atoms with Crippen LogP contribution in [-0.2, 0) is 26.2 Å². The minimum atomic E-state index is 0. The number of hydrogen-bond acceptors (Lipinski definition) is 0. The minimum absolute atomic E-state index is 0. The van der Waals surface area contributed by atoms with Crippen LogP contribution >= 0.6 is 0 Å². The fourth-order valence-electron chi connectivity index (χ4n) is 1.62. The Morgan fingerprint density at radius 1 is 0.727 bits per heavy atom. The van der Waals surface area contributed by atoms with Crippen LogP contribution in [0.5, 0.6) is 0 Å². The van der Waals surface area contributed by atoms with E-state index in [1.165, 1.54) is 33.4 Å². The number of aryl methyl sites for hydroxylation is 4. The third kappa shape index (κ3) is 10.4. The van der Waals surface area contributed by atoms with Crippen molar-refractivity contribution in [1.29, 1.82) is 0 Å². The zero-order chi connectivity index (χ0) is 15.0. The van der Waals surface area contributed by atoms with Crippen molar-refractivity contribution in [3.8, 4) is 0 Å². The van der Waals surface area contributed by atoms with Crippen molar-refractivity contribution in [2.24, 2.45) is 0 Å². The van der Waals surface area contributed by atoms with Crippen molar-refractivity contribution in [1.82, 2.24) is 0 Å². The molecule has 2 aromatic rings. The van der Waals surface area contributed by atoms with E-state index in [1.54, 1.807) is 0 Å². The molecule has 0 saturated carbocycles. The summed E-state index contributed by atoms with van der Waals surface area (Å²) in [6, 6.07) is 8.63. The van der Waals surface area contributed by atoms with Crippen LogP contribution in [0, 0.1) is 41.5 Å². The Labute approximate surface area is 157 Å². The van der Waals surface area contributed by atoms with Crippen molar-refractivity contribution in [3.63, 3.8) is 0 Å². The molecule has 0 aliphatic carbocycles. The molecule has 0 nitrogen and oxygen atoms in total. The van der Waals surface area contributed by atoms with Crippen LogP contribution in [0.4, 0.5) is 0 Å². The van der Waals surface area contributed by atoms with Gasteiger partial charge in [-0.1, -0.05) is 54.6 Å². The molecule has 0 aromatic heterocycles. The summed E-state index contributed by atoms with van der Waals surface area (Å²) >= 11 is 0. The van der Waals surface area contributed by atoms with Crippen LogP contribution < -0.4 is 9.41 Å². The Balaban J connectivity index is -0.000000112. The first kappa shape index (κ1) is 29.6. The Bertz CT molecular complexity index is 404. The molecule has 0 fully saturated rings. The Kier molecular flexibility index (Phi) is 21.0. The van der Waals surface area contributed by atoms with Gasteiger partial charge in [0.2, 0.25) is 0 Å². The fraction of sp³-hybridized carbons (Fsp3) is 0.444. The number of rotatable bonds is 0. The van der Waals surface area contributed by atoms with Crippen molar-refractivity contribution >= 4 is 9.52 Å². The first-order valence-corrected chi connectivity index (χ1v) is 9.29. The maximum Gasteiger partial charge on any atom is 4.00 e. The summed E-state index contributed by atoms with van der Waals surface area (Å²) in [6.07, 6.45) is 0. The van der Waals surface area contributed by atoms with E-state index in [0.717, 1.165) is 9.52 Å². The molecule has 0 atom stereocenters. The monoisotopic (exact) mass is 401 g/mol. The minimum Gasteiger partial charge on any atom is -1.00 e. The molecular weight excluding hydrogens is 374 g/mol. The summed E-state index contributed by atoms with van der Waals surface area (Å²) in [4.78, 5) is 0. The topological polar surface area (TPSA) is 0 Å². The molecule has 0 N–H and O–H groups in total. The molecule has 0 bridgehead atoms. The van der Waals surface area contributed by atoms with Crippen molar-refractivity contribution in [3.05, 3.63) is 57.6 Å². The van der Waals surface area contributed by atoms with Gasteiger partial charge in [-0.25, -0.2) is 12.1 Å². The van der Waals surface area contributed by atoms with E-state index in [1.807, 2.05) is 0 Å². The third-order valence-corrected chi connectivity index (χ3v) is 3.53. The van der Waals surface area contributed by atoms with Gasteiger partial charge in [0.05, 0.1) is 0 Å². The first-order chi connectivity index (χ1) is 8.84. The molecule has 0 unspecified atom stereocenters. The molecule has 4 heteroatoms. The molecule has 22 heavy (non-hydrogen) atoms. The van der Waals surface area contributed by atoms with Gasteiger partial charge in [-0.3, -0.25) is 0 Å². The van der Waals surface area contributed by atoms with Crippen LogP contribution in [0.3, 0.4) is 0 Å². The van der Waals surface area contributed by atoms with Crippen molar-refractivity contribution < 1.29 is 35.6 Å². The van der Waals surface area contributed by atoms with E-state index in [0.29, 0.717) is 0 Å². The molecule has 2 aromatic carbocycles. The van der Waals surface area contributed by atoms with Crippen molar-refractivity contribution in [2.45, 2.75) is 54.6 Å². The second-order valence-corrected chi connectivity index (χ2v) is 6.38. The van der Waals surface area contributed by atoms with Crippen LogP contribution in [0.1, 0.15) is 33.4 Å². The molecular formula is C18H29F2SiZr. The first-order valence-electron chi connectivity index (χ1n) is 6.98. The second kappa shape index (κ2) is 15.6. The maximum absolute atomic E-state index is 2.21. The smallest absolute Gasteiger partial charge is 1.00 e. The number of hydrogen-bond donors (Lipinski definition) is 0. The average molecular weight is 403 g/mol. The van der Waals surface area contributed by atoms with Crippen molar-refractivity contribution in [2.75, 3.05) is 0 Å². The van der Waals surface area contributed by atoms with Gasteiger partial charge in [0, 0.05) is 9.52 Å². The second-order valence-electron chi connectivity index (χ2n) is 5.23. The summed E-state index contributed by atoms with van der Waals surface area (Å²) in [6.45, 7) is 17.3. The largest absolute Gasteiger partial charge is 4.00 e. The molecule has 0 heterocycles. The average Bonchev–Trinajstić information content (AvgIpc) is 2.82. The normalized spacial score (nSPS) is 8.00. The molecule has 123 valence electrons. The Morgan fingerprint density at radius 2 is 0.955 bits per heavy atom. The van der Waals surface area contributed by atoms with E-state index in [-0.39, 0.29) is 35.6 Å². The zero-order valence-electron chi connectivity index (χ0n) is 15.1. The van der Waals surface area contributed by atoms with Gasteiger partial charge in [-0.2, -0.15) is 45.5 Å². The molecule has 0 spiro atoms. The van der Waals surface area contributed by atoms with Gasteiger partial charge in [-0.05, 0) is 0 Å². The summed E-state index contributed by atoms with van der Waals surface area (Å²) in [5.74, 6) is 0. The summed E-state index contributed by atoms with van der Waals surface area (Å²) in [7, 11) is 0.750. The summed E-state index contributed by atoms with van der Waals surface area (Å²) in [5.41, 5.74) is 8.49. The third-order valence-electron chi connectivity index (χ3n) is 3.53. The van der Waals surface area contributed by atoms with Gasteiger partial charge >= 0.3 is 26.2 Å². The van der Waals surface area contributed by atoms with Crippen LogP contribution in [-0.4, -0.2) is 9.52 Å². The van der Waals surface area contributed by atoms with E-state index in [2.05, 4.69) is 78.9 Å². The predicted octanol–water partition coefficient (Wildman–Crippen LogP) is -0.814. The molecule has 0 amide bonds. The quantitative estimate of drug-likeness (QED) is 0.399. The van der Waals surface area contributed by atoms with E-state index < -0.39 is 0 Å². The van der Waals surface area contributed by atoms with E-state index in [9.17, 15) is 0 Å². The molecule has 2 rings (SSSR count). The number of halogens is 2. The maximum atomic E-state index is 2.21. The van der Waals surface area contributed by atoms with E-state index in [4.69, 9.17) is 0 Å². The SMILES string of the molecule is C[SiH]C.Cc1cc[c-](C)c1C.Cc1cc[c-](C)c1C.[F-].[F-].[Zr+4]. The Morgan fingerprint density at radius 3 is 1.00 bits per heavy atom. The molecule has 1 radical (unpaired) electrons. The Hall–Kier alpha value is -0.340. The van der Waals surface area contributed by atoms with Gasteiger partial charge in [0.1, 0.15) is 0 Å². The van der Waals surface area contributed by atoms with Crippen LogP contribution in [0.15, 0.2) is 24.3 Å². The summed E-state index contributed by atoms with van der Waals surface area (Å²) < 4.78 is 0. The summed E-state index contributed by atoms with van der Waals surface area (Å²) in [5, 5.41) is 0. The van der Waals surface area contributed by atoms with Crippen LogP contribution in [0.25, 0.3) is 0 Å². The zero-order valence-corrected chi connectivity index (χ0v) is 18.8. The van der Waals surface area contributed by atoms with Gasteiger partial charge < -0.3 is 9.41 Å². The molecule has 0 aliphatic rings. The fourth-order valence-corrected chi connectivity index (χ4v) is 1.62. The van der Waals surface area contributed by atoms with Crippen LogP contribution in [0.2, 0.25) is 13.1 Å². The molecule has 0 aliphatic heterocycles.